The van der Waals surface area contributed by atoms with Crippen LogP contribution >= 0.6 is 0 Å². The standard InChI is InChI=1S/C13H26N2/c1-13(2)9-8-11(14)10-15(13)12-6-4-3-5-7-12/h11-12H,3-10,14H2,1-2H3. The first-order chi connectivity index (χ1) is 7.09. The van der Waals surface area contributed by atoms with Crippen LogP contribution in [0.4, 0.5) is 0 Å². The molecule has 0 amide bonds. The molecule has 2 rings (SSSR count). The van der Waals surface area contributed by atoms with Crippen LogP contribution in [0.2, 0.25) is 0 Å². The topological polar surface area (TPSA) is 29.3 Å². The van der Waals surface area contributed by atoms with Gasteiger partial charge in [-0.25, -0.2) is 0 Å². The van der Waals surface area contributed by atoms with Gasteiger partial charge in [-0.1, -0.05) is 19.3 Å². The summed E-state index contributed by atoms with van der Waals surface area (Å²) in [5.41, 5.74) is 6.50. The highest BCUT2D eigenvalue weighted by molar-refractivity contribution is 4.94. The summed E-state index contributed by atoms with van der Waals surface area (Å²) in [6, 6.07) is 1.24. The fourth-order valence-corrected chi connectivity index (χ4v) is 3.31. The van der Waals surface area contributed by atoms with Crippen LogP contribution in [-0.4, -0.2) is 29.1 Å². The Labute approximate surface area is 94.2 Å². The van der Waals surface area contributed by atoms with Gasteiger partial charge in [0.1, 0.15) is 0 Å². The second-order valence-electron chi connectivity index (χ2n) is 6.06. The van der Waals surface area contributed by atoms with Crippen LogP contribution in [0.3, 0.4) is 0 Å². The zero-order valence-corrected chi connectivity index (χ0v) is 10.3. The molecule has 0 aromatic heterocycles. The Bertz CT molecular complexity index is 207. The van der Waals surface area contributed by atoms with Crippen molar-refractivity contribution in [3.8, 4) is 0 Å². The van der Waals surface area contributed by atoms with E-state index in [1.165, 1.54) is 44.9 Å². The Morgan fingerprint density at radius 3 is 2.40 bits per heavy atom. The van der Waals surface area contributed by atoms with Crippen molar-refractivity contribution in [1.82, 2.24) is 4.90 Å². The van der Waals surface area contributed by atoms with Gasteiger partial charge in [-0.3, -0.25) is 4.90 Å². The second kappa shape index (κ2) is 4.42. The molecule has 2 fully saturated rings. The molecule has 0 spiro atoms. The maximum absolute atomic E-state index is 6.11. The number of likely N-dealkylation sites (tertiary alicyclic amines) is 1. The predicted molar refractivity (Wildman–Crippen MR) is 64.9 cm³/mol. The van der Waals surface area contributed by atoms with E-state index < -0.39 is 0 Å². The van der Waals surface area contributed by atoms with E-state index in [2.05, 4.69) is 18.7 Å². The van der Waals surface area contributed by atoms with Gasteiger partial charge in [0.25, 0.3) is 0 Å². The Kier molecular flexibility index (Phi) is 3.36. The lowest BCUT2D eigenvalue weighted by molar-refractivity contribution is 0.00995. The highest BCUT2D eigenvalue weighted by Gasteiger charge is 2.37. The Morgan fingerprint density at radius 1 is 1.07 bits per heavy atom. The summed E-state index contributed by atoms with van der Waals surface area (Å²) in [4.78, 5) is 2.71. The third-order valence-electron chi connectivity index (χ3n) is 4.35. The van der Waals surface area contributed by atoms with Gasteiger partial charge in [-0.15, -0.1) is 0 Å². The molecule has 1 aliphatic heterocycles. The van der Waals surface area contributed by atoms with Gasteiger partial charge in [0, 0.05) is 24.2 Å². The van der Waals surface area contributed by atoms with E-state index in [1.807, 2.05) is 0 Å². The summed E-state index contributed by atoms with van der Waals surface area (Å²) in [5, 5.41) is 0. The highest BCUT2D eigenvalue weighted by Crippen LogP contribution is 2.33. The number of hydrogen-bond donors (Lipinski definition) is 1. The molecule has 2 heteroatoms. The van der Waals surface area contributed by atoms with Crippen molar-refractivity contribution in [3.63, 3.8) is 0 Å². The zero-order chi connectivity index (χ0) is 10.9. The van der Waals surface area contributed by atoms with Crippen LogP contribution in [0, 0.1) is 0 Å². The summed E-state index contributed by atoms with van der Waals surface area (Å²) in [6.07, 6.45) is 9.56. The van der Waals surface area contributed by atoms with Crippen LogP contribution in [0.15, 0.2) is 0 Å². The minimum absolute atomic E-state index is 0.387. The molecule has 2 N–H and O–H groups in total. The molecule has 0 aromatic rings. The number of nitrogens with zero attached hydrogens (tertiary/aromatic N) is 1. The summed E-state index contributed by atoms with van der Waals surface area (Å²) >= 11 is 0. The number of nitrogens with two attached hydrogens (primary N) is 1. The van der Waals surface area contributed by atoms with Gasteiger partial charge in [-0.2, -0.15) is 0 Å². The zero-order valence-electron chi connectivity index (χ0n) is 10.3. The van der Waals surface area contributed by atoms with Crippen molar-refractivity contribution in [2.45, 2.75) is 76.4 Å². The molecule has 1 atom stereocenters. The quantitative estimate of drug-likeness (QED) is 0.720. The van der Waals surface area contributed by atoms with Crippen LogP contribution in [0.1, 0.15) is 58.8 Å². The smallest absolute Gasteiger partial charge is 0.0168 e. The fourth-order valence-electron chi connectivity index (χ4n) is 3.31. The van der Waals surface area contributed by atoms with Gasteiger partial charge in [0.15, 0.2) is 0 Å². The maximum atomic E-state index is 6.11. The molecular weight excluding hydrogens is 184 g/mol. The SMILES string of the molecule is CC1(C)CCC(N)CN1C1CCCCC1. The molecule has 1 unspecified atom stereocenters. The first kappa shape index (κ1) is 11.4. The average Bonchev–Trinajstić information content (AvgIpc) is 2.23. The van der Waals surface area contributed by atoms with Gasteiger partial charge < -0.3 is 5.73 Å². The van der Waals surface area contributed by atoms with E-state index in [9.17, 15) is 0 Å². The van der Waals surface area contributed by atoms with E-state index in [0.29, 0.717) is 11.6 Å². The highest BCUT2D eigenvalue weighted by atomic mass is 15.2. The van der Waals surface area contributed by atoms with Crippen molar-refractivity contribution in [2.75, 3.05) is 6.54 Å². The third-order valence-corrected chi connectivity index (χ3v) is 4.35. The predicted octanol–water partition coefficient (Wildman–Crippen LogP) is 2.52. The molecule has 1 saturated carbocycles. The molecule has 2 aliphatic rings. The summed E-state index contributed by atoms with van der Waals surface area (Å²) in [6.45, 7) is 5.92. The van der Waals surface area contributed by atoms with Gasteiger partial charge in [-0.05, 0) is 39.5 Å². The molecule has 1 saturated heterocycles. The number of hydrogen-bond acceptors (Lipinski definition) is 2. The molecule has 1 heterocycles. The van der Waals surface area contributed by atoms with Crippen LogP contribution < -0.4 is 5.73 Å². The van der Waals surface area contributed by atoms with Crippen LogP contribution in [-0.2, 0) is 0 Å². The lowest BCUT2D eigenvalue weighted by atomic mass is 9.83. The van der Waals surface area contributed by atoms with E-state index in [-0.39, 0.29) is 0 Å². The average molecular weight is 210 g/mol. The van der Waals surface area contributed by atoms with Crippen molar-refractivity contribution < 1.29 is 0 Å². The molecular formula is C13H26N2. The summed E-state index contributed by atoms with van der Waals surface area (Å²) in [5.74, 6) is 0. The third kappa shape index (κ3) is 2.54. The molecule has 0 radical (unpaired) electrons. The second-order valence-corrected chi connectivity index (χ2v) is 6.06. The van der Waals surface area contributed by atoms with Crippen molar-refractivity contribution in [1.29, 1.82) is 0 Å². The van der Waals surface area contributed by atoms with Gasteiger partial charge in [0.2, 0.25) is 0 Å². The van der Waals surface area contributed by atoms with Crippen LogP contribution in [0.25, 0.3) is 0 Å². The van der Waals surface area contributed by atoms with E-state index in [1.54, 1.807) is 0 Å². The van der Waals surface area contributed by atoms with Crippen molar-refractivity contribution in [2.24, 2.45) is 5.73 Å². The lowest BCUT2D eigenvalue weighted by Gasteiger charge is -2.50. The minimum Gasteiger partial charge on any atom is -0.327 e. The molecule has 1 aliphatic carbocycles. The number of piperidine rings is 1. The summed E-state index contributed by atoms with van der Waals surface area (Å²) in [7, 11) is 0. The molecule has 0 bridgehead atoms. The Balaban J connectivity index is 2.02. The summed E-state index contributed by atoms with van der Waals surface area (Å²) < 4.78 is 0. The van der Waals surface area contributed by atoms with Gasteiger partial charge >= 0.3 is 0 Å². The Morgan fingerprint density at radius 2 is 1.73 bits per heavy atom. The molecule has 0 aromatic carbocycles. The minimum atomic E-state index is 0.387. The molecule has 15 heavy (non-hydrogen) atoms. The number of rotatable bonds is 1. The van der Waals surface area contributed by atoms with Crippen molar-refractivity contribution >= 4 is 0 Å². The monoisotopic (exact) mass is 210 g/mol. The molecule has 88 valence electrons. The van der Waals surface area contributed by atoms with E-state index in [0.717, 1.165) is 12.6 Å². The largest absolute Gasteiger partial charge is 0.327 e. The fraction of sp³-hybridized carbons (Fsp3) is 1.00. The van der Waals surface area contributed by atoms with Gasteiger partial charge in [0.05, 0.1) is 0 Å². The Hall–Kier alpha value is -0.0800. The van der Waals surface area contributed by atoms with Crippen molar-refractivity contribution in [3.05, 3.63) is 0 Å². The first-order valence-electron chi connectivity index (χ1n) is 6.62. The molecule has 2 nitrogen and oxygen atoms in total. The maximum Gasteiger partial charge on any atom is 0.0168 e. The first-order valence-corrected chi connectivity index (χ1v) is 6.62. The van der Waals surface area contributed by atoms with E-state index in [4.69, 9.17) is 5.73 Å². The lowest BCUT2D eigenvalue weighted by Crippen LogP contribution is -2.58. The van der Waals surface area contributed by atoms with E-state index >= 15 is 0 Å². The normalized spacial score (nSPS) is 34.2. The van der Waals surface area contributed by atoms with Crippen LogP contribution in [0.5, 0.6) is 0 Å².